The Morgan fingerprint density at radius 1 is 1.21 bits per heavy atom. The van der Waals surface area contributed by atoms with E-state index in [4.69, 9.17) is 23.8 Å². The van der Waals surface area contributed by atoms with Gasteiger partial charge in [-0.1, -0.05) is 42.0 Å². The normalized spacial score (nSPS) is 16.2. The van der Waals surface area contributed by atoms with Gasteiger partial charge < -0.3 is 0 Å². The summed E-state index contributed by atoms with van der Waals surface area (Å²) < 4.78 is 13.4. The van der Waals surface area contributed by atoms with E-state index in [0.29, 0.717) is 15.7 Å². The average molecular weight is 361 g/mol. The van der Waals surface area contributed by atoms with Crippen molar-refractivity contribution in [2.75, 3.05) is 0 Å². The summed E-state index contributed by atoms with van der Waals surface area (Å²) >= 11 is 11.5. The van der Waals surface area contributed by atoms with E-state index in [2.05, 4.69) is 4.99 Å². The highest BCUT2D eigenvalue weighted by Gasteiger charge is 2.42. The Kier molecular flexibility index (Phi) is 4.24. The van der Waals surface area contributed by atoms with Crippen molar-refractivity contribution in [1.82, 2.24) is 4.90 Å². The van der Waals surface area contributed by atoms with Crippen LogP contribution in [-0.2, 0) is 0 Å². The highest BCUT2D eigenvalue weighted by molar-refractivity contribution is 7.82. The van der Waals surface area contributed by atoms with Gasteiger partial charge in [0, 0.05) is 16.1 Å². The van der Waals surface area contributed by atoms with E-state index in [1.165, 1.54) is 23.1 Å². The van der Waals surface area contributed by atoms with E-state index in [-0.39, 0.29) is 11.5 Å². The van der Waals surface area contributed by atoms with E-state index in [1.54, 1.807) is 38.1 Å². The summed E-state index contributed by atoms with van der Waals surface area (Å²) in [5.41, 5.74) is 0.642. The molecule has 0 saturated heterocycles. The zero-order valence-electron chi connectivity index (χ0n) is 13.1. The fourth-order valence-electron chi connectivity index (χ4n) is 2.64. The van der Waals surface area contributed by atoms with Crippen molar-refractivity contribution < 1.29 is 9.18 Å². The topological polar surface area (TPSA) is 32.7 Å². The fourth-order valence-corrected chi connectivity index (χ4v) is 3.30. The van der Waals surface area contributed by atoms with Gasteiger partial charge in [0.25, 0.3) is 5.91 Å². The zero-order chi connectivity index (χ0) is 17.5. The van der Waals surface area contributed by atoms with Gasteiger partial charge in [-0.15, -0.1) is 0 Å². The van der Waals surface area contributed by atoms with Crippen LogP contribution in [0.15, 0.2) is 53.5 Å². The molecule has 0 atom stereocenters. The molecule has 2 aromatic carbocycles. The molecule has 1 aliphatic heterocycles. The van der Waals surface area contributed by atoms with Crippen molar-refractivity contribution >= 4 is 40.4 Å². The molecule has 1 amide bonds. The van der Waals surface area contributed by atoms with Crippen molar-refractivity contribution in [3.8, 4) is 0 Å². The summed E-state index contributed by atoms with van der Waals surface area (Å²) in [6, 6.07) is 12.7. The maximum atomic E-state index is 13.4. The zero-order valence-corrected chi connectivity index (χ0v) is 14.7. The number of rotatable bonds is 2. The molecule has 122 valence electrons. The van der Waals surface area contributed by atoms with Gasteiger partial charge in [-0.3, -0.25) is 14.7 Å². The lowest BCUT2D eigenvalue weighted by atomic mass is 10.1. The minimum absolute atomic E-state index is 0.230. The van der Waals surface area contributed by atoms with E-state index < -0.39 is 11.5 Å². The summed E-state index contributed by atoms with van der Waals surface area (Å²) in [7, 11) is 0. The Bertz CT molecular complexity index is 879. The number of hydrogen-bond acceptors (Lipinski definition) is 3. The van der Waals surface area contributed by atoms with Gasteiger partial charge in [-0.25, -0.2) is 4.39 Å². The fraction of sp³-hybridized carbons (Fsp3) is 0.167. The van der Waals surface area contributed by atoms with Crippen LogP contribution in [0.25, 0.3) is 0 Å². The second-order valence-electron chi connectivity index (χ2n) is 5.92. The Morgan fingerprint density at radius 2 is 1.92 bits per heavy atom. The molecule has 2 aromatic rings. The molecule has 1 aliphatic rings. The second-order valence-corrected chi connectivity index (χ2v) is 6.74. The molecule has 3 nitrogen and oxygen atoms in total. The first kappa shape index (κ1) is 16.7. The number of carbonyl (C=O) groups excluding carboxylic acids is 1. The molecule has 6 heteroatoms. The molecule has 0 aromatic heterocycles. The molecule has 0 N–H and O–H groups in total. The lowest BCUT2D eigenvalue weighted by Crippen LogP contribution is -2.46. The molecule has 3 rings (SSSR count). The number of thiocarbonyl (C=S) groups is 1. The maximum absolute atomic E-state index is 13.4. The predicted molar refractivity (Wildman–Crippen MR) is 97.2 cm³/mol. The van der Waals surface area contributed by atoms with Gasteiger partial charge in [-0.05, 0) is 44.2 Å². The SMILES string of the molecule is CC1(C)N=C(c2cccc(Cl)c2)C(=S)N1C(=O)c1cccc(F)c1. The third-order valence-corrected chi connectivity index (χ3v) is 4.32. The highest BCUT2D eigenvalue weighted by atomic mass is 35.5. The molecule has 0 fully saturated rings. The second kappa shape index (κ2) is 6.07. The third kappa shape index (κ3) is 2.97. The largest absolute Gasteiger partial charge is 0.272 e. The quantitative estimate of drug-likeness (QED) is 0.739. The van der Waals surface area contributed by atoms with E-state index in [1.807, 2.05) is 6.07 Å². The minimum atomic E-state index is -0.863. The molecule has 0 spiro atoms. The van der Waals surface area contributed by atoms with Crippen LogP contribution in [0.5, 0.6) is 0 Å². The highest BCUT2D eigenvalue weighted by Crippen LogP contribution is 2.30. The van der Waals surface area contributed by atoms with E-state index in [9.17, 15) is 9.18 Å². The first-order chi connectivity index (χ1) is 11.3. The average Bonchev–Trinajstić information content (AvgIpc) is 2.76. The molecule has 24 heavy (non-hydrogen) atoms. The van der Waals surface area contributed by atoms with Gasteiger partial charge in [0.2, 0.25) is 0 Å². The molecule has 0 aliphatic carbocycles. The number of amides is 1. The molecule has 0 radical (unpaired) electrons. The third-order valence-electron chi connectivity index (χ3n) is 3.71. The Labute approximate surface area is 149 Å². The number of nitrogens with zero attached hydrogens (tertiary/aromatic N) is 2. The van der Waals surface area contributed by atoms with Crippen molar-refractivity contribution in [3.05, 3.63) is 70.5 Å². The van der Waals surface area contributed by atoms with Crippen LogP contribution < -0.4 is 0 Å². The van der Waals surface area contributed by atoms with Crippen molar-refractivity contribution in [3.63, 3.8) is 0 Å². The maximum Gasteiger partial charge on any atom is 0.261 e. The van der Waals surface area contributed by atoms with Crippen LogP contribution in [0.4, 0.5) is 4.39 Å². The van der Waals surface area contributed by atoms with Crippen LogP contribution >= 0.6 is 23.8 Å². The predicted octanol–water partition coefficient (Wildman–Crippen LogP) is 4.49. The monoisotopic (exact) mass is 360 g/mol. The van der Waals surface area contributed by atoms with Gasteiger partial charge in [0.05, 0.1) is 0 Å². The van der Waals surface area contributed by atoms with E-state index >= 15 is 0 Å². The van der Waals surface area contributed by atoms with Crippen molar-refractivity contribution in [2.45, 2.75) is 19.5 Å². The number of aliphatic imine (C=N–C) groups is 1. The number of halogens is 2. The van der Waals surface area contributed by atoms with Crippen LogP contribution in [0.3, 0.4) is 0 Å². The van der Waals surface area contributed by atoms with Crippen LogP contribution in [0, 0.1) is 5.82 Å². The first-order valence-corrected chi connectivity index (χ1v) is 8.08. The molecular formula is C18H14ClFN2OS. The Morgan fingerprint density at radius 3 is 2.58 bits per heavy atom. The molecule has 1 heterocycles. The van der Waals surface area contributed by atoms with Gasteiger partial charge >= 0.3 is 0 Å². The first-order valence-electron chi connectivity index (χ1n) is 7.30. The Balaban J connectivity index is 2.00. The van der Waals surface area contributed by atoms with Crippen LogP contribution in [-0.4, -0.2) is 27.2 Å². The molecule has 0 bridgehead atoms. The Hall–Kier alpha value is -2.11. The summed E-state index contributed by atoms with van der Waals surface area (Å²) in [4.78, 5) is 19.1. The molecular weight excluding hydrogens is 347 g/mol. The lowest BCUT2D eigenvalue weighted by Gasteiger charge is -2.29. The number of benzene rings is 2. The lowest BCUT2D eigenvalue weighted by molar-refractivity contribution is 0.0758. The van der Waals surface area contributed by atoms with Crippen molar-refractivity contribution in [2.24, 2.45) is 4.99 Å². The van der Waals surface area contributed by atoms with Gasteiger partial charge in [0.15, 0.2) is 0 Å². The smallest absolute Gasteiger partial charge is 0.261 e. The van der Waals surface area contributed by atoms with Gasteiger partial charge in [0.1, 0.15) is 22.2 Å². The van der Waals surface area contributed by atoms with Gasteiger partial charge in [-0.2, -0.15) is 0 Å². The summed E-state index contributed by atoms with van der Waals surface area (Å²) in [5, 5.41) is 0.561. The number of hydrogen-bond donors (Lipinski definition) is 0. The van der Waals surface area contributed by atoms with Crippen molar-refractivity contribution in [1.29, 1.82) is 0 Å². The molecule has 0 unspecified atom stereocenters. The minimum Gasteiger partial charge on any atom is -0.272 e. The van der Waals surface area contributed by atoms with Crippen LogP contribution in [0.2, 0.25) is 5.02 Å². The summed E-state index contributed by atoms with van der Waals surface area (Å²) in [5.74, 6) is -0.856. The summed E-state index contributed by atoms with van der Waals surface area (Å²) in [6.45, 7) is 3.57. The number of carbonyl (C=O) groups is 1. The molecule has 0 saturated carbocycles. The van der Waals surface area contributed by atoms with Crippen LogP contribution in [0.1, 0.15) is 29.8 Å². The standard InChI is InChI=1S/C18H14ClFN2OS/c1-18(2)21-15(11-5-3-7-13(19)9-11)17(24)22(18)16(23)12-6-4-8-14(20)10-12/h3-10H,1-2H3. The van der Waals surface area contributed by atoms with E-state index in [0.717, 1.165) is 5.56 Å². The summed E-state index contributed by atoms with van der Waals surface area (Å²) in [6.07, 6.45) is 0.